The highest BCUT2D eigenvalue weighted by molar-refractivity contribution is 6.00. The Balaban J connectivity index is 0.000000384. The van der Waals surface area contributed by atoms with E-state index in [0.717, 1.165) is 45.7 Å². The molecule has 0 saturated carbocycles. The van der Waals surface area contributed by atoms with Crippen LogP contribution in [-0.2, 0) is 11.2 Å². The Morgan fingerprint density at radius 1 is 1.06 bits per heavy atom. The number of aliphatic carboxylic acids is 1. The van der Waals surface area contributed by atoms with Gasteiger partial charge in [0.05, 0.1) is 11.1 Å². The zero-order chi connectivity index (χ0) is 25.9. The number of para-hydroxylation sites is 1. The van der Waals surface area contributed by atoms with Gasteiger partial charge in [-0.25, -0.2) is 9.78 Å². The summed E-state index contributed by atoms with van der Waals surface area (Å²) in [5, 5.41) is 14.6. The second-order valence-corrected chi connectivity index (χ2v) is 8.23. The Morgan fingerprint density at radius 2 is 1.78 bits per heavy atom. The highest BCUT2D eigenvalue weighted by atomic mass is 19.4. The molecule has 0 radical (unpaired) electrons. The van der Waals surface area contributed by atoms with E-state index in [-0.39, 0.29) is 11.9 Å². The molecule has 2 aromatic carbocycles. The standard InChI is InChI=1S/C24H22N4O.C2HF3O2/c1-15(16-6-3-2-4-7-16)26-22-11-10-17-8-5-9-18(23(17)28-22)21-14-19-20(27-21)12-13-25-24(19)29;3-2(4,5)1(6)7/h2-11,14-15,27H,12-13H2,1H3,(H,25,29)(H,26,28);(H,6,7)/t15-;/m0./s1. The molecule has 4 N–H and O–H groups in total. The molecule has 0 fully saturated rings. The van der Waals surface area contributed by atoms with E-state index in [0.29, 0.717) is 6.54 Å². The zero-order valence-corrected chi connectivity index (χ0v) is 19.2. The van der Waals surface area contributed by atoms with Gasteiger partial charge < -0.3 is 20.7 Å². The molecule has 10 heteroatoms. The minimum Gasteiger partial charge on any atom is -0.475 e. The van der Waals surface area contributed by atoms with Crippen molar-refractivity contribution in [3.05, 3.63) is 83.6 Å². The van der Waals surface area contributed by atoms with Crippen LogP contribution in [0.5, 0.6) is 0 Å². The molecule has 2 aromatic heterocycles. The van der Waals surface area contributed by atoms with E-state index < -0.39 is 12.1 Å². The Labute approximate surface area is 204 Å². The van der Waals surface area contributed by atoms with Crippen LogP contribution in [0.25, 0.3) is 22.2 Å². The molecule has 36 heavy (non-hydrogen) atoms. The fourth-order valence-corrected chi connectivity index (χ4v) is 3.93. The first-order chi connectivity index (χ1) is 17.1. The molecule has 0 saturated heterocycles. The molecule has 5 rings (SSSR count). The summed E-state index contributed by atoms with van der Waals surface area (Å²) < 4.78 is 31.7. The number of anilines is 1. The summed E-state index contributed by atoms with van der Waals surface area (Å²) in [7, 11) is 0. The molecule has 1 amide bonds. The summed E-state index contributed by atoms with van der Waals surface area (Å²) in [5.74, 6) is -1.94. The average Bonchev–Trinajstić information content (AvgIpc) is 3.29. The van der Waals surface area contributed by atoms with Crippen molar-refractivity contribution in [2.45, 2.75) is 25.6 Å². The summed E-state index contributed by atoms with van der Waals surface area (Å²) in [4.78, 5) is 29.4. The predicted octanol–water partition coefficient (Wildman–Crippen LogP) is 5.32. The molecule has 1 aliphatic rings. The number of benzene rings is 2. The van der Waals surface area contributed by atoms with Gasteiger partial charge in [-0.05, 0) is 30.7 Å². The van der Waals surface area contributed by atoms with Gasteiger partial charge in [0.15, 0.2) is 0 Å². The van der Waals surface area contributed by atoms with Gasteiger partial charge in [-0.1, -0.05) is 48.5 Å². The molecule has 1 atom stereocenters. The third-order valence-corrected chi connectivity index (χ3v) is 5.72. The number of carbonyl (C=O) groups is 2. The van der Waals surface area contributed by atoms with Crippen LogP contribution in [0.1, 0.15) is 34.6 Å². The number of nitrogens with one attached hydrogen (secondary N) is 3. The molecule has 186 valence electrons. The Hall–Kier alpha value is -4.34. The Bertz CT molecular complexity index is 1400. The van der Waals surface area contributed by atoms with Gasteiger partial charge in [0.25, 0.3) is 5.91 Å². The van der Waals surface area contributed by atoms with E-state index in [1.165, 1.54) is 5.56 Å². The van der Waals surface area contributed by atoms with Gasteiger partial charge in [0.2, 0.25) is 0 Å². The largest absolute Gasteiger partial charge is 0.490 e. The number of hydrogen-bond acceptors (Lipinski definition) is 4. The highest BCUT2D eigenvalue weighted by Crippen LogP contribution is 2.31. The number of amides is 1. The summed E-state index contributed by atoms with van der Waals surface area (Å²) >= 11 is 0. The number of carbonyl (C=O) groups excluding carboxylic acids is 1. The van der Waals surface area contributed by atoms with Crippen LogP contribution in [0.15, 0.2) is 66.7 Å². The van der Waals surface area contributed by atoms with Crippen molar-refractivity contribution in [1.29, 1.82) is 0 Å². The Morgan fingerprint density at radius 3 is 2.44 bits per heavy atom. The van der Waals surface area contributed by atoms with Gasteiger partial charge in [0.1, 0.15) is 5.82 Å². The van der Waals surface area contributed by atoms with Crippen LogP contribution >= 0.6 is 0 Å². The lowest BCUT2D eigenvalue weighted by Crippen LogP contribution is -2.31. The maximum absolute atomic E-state index is 12.1. The second-order valence-electron chi connectivity index (χ2n) is 8.23. The minimum atomic E-state index is -5.08. The van der Waals surface area contributed by atoms with Gasteiger partial charge in [-0.3, -0.25) is 4.79 Å². The number of halogens is 3. The van der Waals surface area contributed by atoms with E-state index in [1.807, 2.05) is 36.4 Å². The Kier molecular flexibility index (Phi) is 6.96. The number of carboxylic acid groups (broad SMARTS) is 1. The molecule has 1 aliphatic heterocycles. The van der Waals surface area contributed by atoms with Gasteiger partial charge in [-0.15, -0.1) is 0 Å². The first-order valence-electron chi connectivity index (χ1n) is 11.2. The molecule has 4 aromatic rings. The number of aromatic nitrogens is 2. The van der Waals surface area contributed by atoms with Crippen molar-refractivity contribution in [3.8, 4) is 11.3 Å². The molecule has 3 heterocycles. The number of H-pyrrole nitrogens is 1. The third kappa shape index (κ3) is 5.48. The van der Waals surface area contributed by atoms with Crippen molar-refractivity contribution < 1.29 is 27.9 Å². The van der Waals surface area contributed by atoms with Gasteiger partial charge in [0, 0.05) is 41.3 Å². The van der Waals surface area contributed by atoms with E-state index in [1.54, 1.807) is 0 Å². The SMILES string of the molecule is C[C@H](Nc1ccc2cccc(-c3cc4c([nH]3)CCNC4=O)c2n1)c1ccccc1.O=C(O)C(F)(F)F. The third-order valence-electron chi connectivity index (χ3n) is 5.72. The normalized spacial score (nSPS) is 13.7. The topological polar surface area (TPSA) is 107 Å². The van der Waals surface area contributed by atoms with E-state index in [2.05, 4.69) is 52.9 Å². The van der Waals surface area contributed by atoms with E-state index in [9.17, 15) is 18.0 Å². The lowest BCUT2D eigenvalue weighted by Gasteiger charge is -2.16. The van der Waals surface area contributed by atoms with Crippen LogP contribution in [0.4, 0.5) is 19.0 Å². The summed E-state index contributed by atoms with van der Waals surface area (Å²) in [6.45, 7) is 2.80. The summed E-state index contributed by atoms with van der Waals surface area (Å²) in [5.41, 5.74) is 5.78. The van der Waals surface area contributed by atoms with Crippen molar-refractivity contribution in [2.75, 3.05) is 11.9 Å². The maximum Gasteiger partial charge on any atom is 0.490 e. The number of nitrogens with zero attached hydrogens (tertiary/aromatic N) is 1. The minimum absolute atomic E-state index is 0.0130. The fourth-order valence-electron chi connectivity index (χ4n) is 3.93. The monoisotopic (exact) mass is 496 g/mol. The first kappa shape index (κ1) is 24.8. The number of rotatable bonds is 4. The van der Waals surface area contributed by atoms with Crippen LogP contribution in [0.2, 0.25) is 0 Å². The van der Waals surface area contributed by atoms with Crippen molar-refractivity contribution in [2.24, 2.45) is 0 Å². The summed E-state index contributed by atoms with van der Waals surface area (Å²) in [6, 6.07) is 22.7. The smallest absolute Gasteiger partial charge is 0.475 e. The van der Waals surface area contributed by atoms with Crippen LogP contribution in [-0.4, -0.2) is 39.7 Å². The predicted molar refractivity (Wildman–Crippen MR) is 130 cm³/mol. The number of aromatic amines is 1. The maximum atomic E-state index is 12.1. The van der Waals surface area contributed by atoms with Crippen LogP contribution < -0.4 is 10.6 Å². The number of alkyl halides is 3. The molecule has 0 bridgehead atoms. The number of carboxylic acids is 1. The quantitative estimate of drug-likeness (QED) is 0.306. The van der Waals surface area contributed by atoms with Gasteiger partial charge >= 0.3 is 12.1 Å². The van der Waals surface area contributed by atoms with Crippen molar-refractivity contribution in [3.63, 3.8) is 0 Å². The number of fused-ring (bicyclic) bond motifs is 2. The van der Waals surface area contributed by atoms with E-state index in [4.69, 9.17) is 14.9 Å². The van der Waals surface area contributed by atoms with Crippen LogP contribution in [0.3, 0.4) is 0 Å². The van der Waals surface area contributed by atoms with Crippen LogP contribution in [0, 0.1) is 0 Å². The van der Waals surface area contributed by atoms with Crippen molar-refractivity contribution >= 4 is 28.6 Å². The molecular weight excluding hydrogens is 473 g/mol. The molecular formula is C26H23F3N4O3. The number of pyridine rings is 1. The molecule has 7 nitrogen and oxygen atoms in total. The zero-order valence-electron chi connectivity index (χ0n) is 19.2. The second kappa shape index (κ2) is 10.1. The molecule has 0 unspecified atom stereocenters. The van der Waals surface area contributed by atoms with E-state index >= 15 is 0 Å². The van der Waals surface area contributed by atoms with Gasteiger partial charge in [-0.2, -0.15) is 13.2 Å². The highest BCUT2D eigenvalue weighted by Gasteiger charge is 2.38. The lowest BCUT2D eigenvalue weighted by atomic mass is 10.1. The molecule has 0 spiro atoms. The summed E-state index contributed by atoms with van der Waals surface area (Å²) in [6.07, 6.45) is -4.26. The fraction of sp³-hybridized carbons (Fsp3) is 0.192. The first-order valence-corrected chi connectivity index (χ1v) is 11.2. The van der Waals surface area contributed by atoms with Crippen molar-refractivity contribution in [1.82, 2.24) is 15.3 Å². The number of hydrogen-bond donors (Lipinski definition) is 4. The molecule has 0 aliphatic carbocycles. The lowest BCUT2D eigenvalue weighted by molar-refractivity contribution is -0.192. The average molecular weight is 496 g/mol.